The van der Waals surface area contributed by atoms with Crippen molar-refractivity contribution < 1.29 is 0 Å². The normalized spacial score (nSPS) is 10.7. The van der Waals surface area contributed by atoms with Gasteiger partial charge in [0.2, 0.25) is 0 Å². The smallest absolute Gasteiger partial charge is 0.193 e. The quantitative estimate of drug-likeness (QED) is 0.173. The van der Waals surface area contributed by atoms with Crippen molar-refractivity contribution in [1.29, 1.82) is 0 Å². The van der Waals surface area contributed by atoms with E-state index in [1.807, 2.05) is 31.0 Å². The van der Waals surface area contributed by atoms with Gasteiger partial charge in [0.25, 0.3) is 0 Å². The number of thioether (sulfide) groups is 1. The summed E-state index contributed by atoms with van der Waals surface area (Å²) in [6, 6.07) is 10.5. The molecule has 0 amide bonds. The van der Waals surface area contributed by atoms with Crippen LogP contribution in [0.4, 0.5) is 0 Å². The summed E-state index contributed by atoms with van der Waals surface area (Å²) in [6.45, 7) is 5.66. The molecule has 1 aromatic rings. The number of hydrogen-bond acceptors (Lipinski definition) is 2. The summed E-state index contributed by atoms with van der Waals surface area (Å²) in [6.07, 6.45) is 4.12. The highest BCUT2D eigenvalue weighted by Crippen LogP contribution is 2.15. The van der Waals surface area contributed by atoms with Gasteiger partial charge in [0.15, 0.2) is 5.96 Å². The fourth-order valence-electron chi connectivity index (χ4n) is 1.81. The van der Waals surface area contributed by atoms with Crippen molar-refractivity contribution in [3.05, 3.63) is 43.0 Å². The molecule has 0 saturated heterocycles. The first kappa shape index (κ1) is 20.3. The van der Waals surface area contributed by atoms with Crippen LogP contribution in [0, 0.1) is 0 Å². The zero-order valence-corrected chi connectivity index (χ0v) is 16.1. The first-order valence-corrected chi connectivity index (χ1v) is 7.97. The lowest BCUT2D eigenvalue weighted by Crippen LogP contribution is -2.40. The maximum absolute atomic E-state index is 4.31. The van der Waals surface area contributed by atoms with Crippen LogP contribution in [-0.2, 0) is 0 Å². The largest absolute Gasteiger partial charge is 0.355 e. The van der Waals surface area contributed by atoms with Crippen molar-refractivity contribution in [3.8, 4) is 0 Å². The molecular weight excluding hydrogens is 393 g/mol. The minimum Gasteiger partial charge on any atom is -0.355 e. The average molecular weight is 419 g/mol. The minimum absolute atomic E-state index is 0. The third-order valence-electron chi connectivity index (χ3n) is 2.87. The van der Waals surface area contributed by atoms with Crippen LogP contribution in [0.1, 0.15) is 12.8 Å². The Morgan fingerprint density at radius 2 is 2.10 bits per heavy atom. The van der Waals surface area contributed by atoms with Gasteiger partial charge in [0, 0.05) is 37.8 Å². The van der Waals surface area contributed by atoms with Gasteiger partial charge in [-0.2, -0.15) is 0 Å². The summed E-state index contributed by atoms with van der Waals surface area (Å²) >= 11 is 1.86. The molecule has 3 nitrogen and oxygen atoms in total. The highest BCUT2D eigenvalue weighted by Gasteiger charge is 2.04. The predicted octanol–water partition coefficient (Wildman–Crippen LogP) is 3.87. The fraction of sp³-hybridized carbons (Fsp3) is 0.438. The SMILES string of the molecule is C=CCCCN(C)C(=NC)NCCSc1ccccc1.I. The van der Waals surface area contributed by atoms with Gasteiger partial charge in [-0.3, -0.25) is 4.99 Å². The Morgan fingerprint density at radius 1 is 1.38 bits per heavy atom. The molecule has 0 unspecified atom stereocenters. The van der Waals surface area contributed by atoms with Crippen molar-refractivity contribution >= 4 is 41.7 Å². The number of benzene rings is 1. The molecule has 1 rings (SSSR count). The molecule has 0 aliphatic carbocycles. The number of aliphatic imine (C=N–C) groups is 1. The topological polar surface area (TPSA) is 27.6 Å². The molecule has 118 valence electrons. The van der Waals surface area contributed by atoms with Gasteiger partial charge in [-0.1, -0.05) is 24.3 Å². The summed E-state index contributed by atoms with van der Waals surface area (Å²) in [5, 5.41) is 3.40. The Kier molecular flexibility index (Phi) is 12.6. The van der Waals surface area contributed by atoms with Gasteiger partial charge in [-0.15, -0.1) is 42.3 Å². The third-order valence-corrected chi connectivity index (χ3v) is 3.89. The molecule has 0 saturated carbocycles. The molecule has 5 heteroatoms. The van der Waals surface area contributed by atoms with Crippen molar-refractivity contribution in [2.24, 2.45) is 4.99 Å². The molecule has 0 spiro atoms. The van der Waals surface area contributed by atoms with Crippen LogP contribution < -0.4 is 5.32 Å². The fourth-order valence-corrected chi connectivity index (χ4v) is 2.60. The Labute approximate surface area is 150 Å². The highest BCUT2D eigenvalue weighted by atomic mass is 127. The Hall–Kier alpha value is -0.690. The molecule has 0 aromatic heterocycles. The Balaban J connectivity index is 0.00000400. The van der Waals surface area contributed by atoms with E-state index in [0.717, 1.165) is 37.6 Å². The average Bonchev–Trinajstić information content (AvgIpc) is 2.48. The van der Waals surface area contributed by atoms with E-state index in [-0.39, 0.29) is 24.0 Å². The van der Waals surface area contributed by atoms with E-state index in [0.29, 0.717) is 0 Å². The molecule has 0 fully saturated rings. The van der Waals surface area contributed by atoms with Crippen LogP contribution in [0.15, 0.2) is 52.9 Å². The molecule has 1 N–H and O–H groups in total. The van der Waals surface area contributed by atoms with Crippen LogP contribution >= 0.6 is 35.7 Å². The molecule has 21 heavy (non-hydrogen) atoms. The molecule has 0 bridgehead atoms. The number of unbranched alkanes of at least 4 members (excludes halogenated alkanes) is 1. The van der Waals surface area contributed by atoms with Crippen LogP contribution in [0.2, 0.25) is 0 Å². The van der Waals surface area contributed by atoms with Crippen molar-refractivity contribution in [2.45, 2.75) is 17.7 Å². The number of guanidine groups is 1. The first-order chi connectivity index (χ1) is 9.77. The number of rotatable bonds is 8. The van der Waals surface area contributed by atoms with Gasteiger partial charge >= 0.3 is 0 Å². The van der Waals surface area contributed by atoms with Gasteiger partial charge < -0.3 is 10.2 Å². The van der Waals surface area contributed by atoms with Gasteiger partial charge in [0.1, 0.15) is 0 Å². The summed E-state index contributed by atoms with van der Waals surface area (Å²) < 4.78 is 0. The van der Waals surface area contributed by atoms with E-state index in [2.05, 4.69) is 53.1 Å². The zero-order chi connectivity index (χ0) is 14.6. The van der Waals surface area contributed by atoms with Crippen LogP contribution in [-0.4, -0.2) is 43.8 Å². The lowest BCUT2D eigenvalue weighted by atomic mass is 10.3. The number of nitrogens with one attached hydrogen (secondary N) is 1. The second kappa shape index (κ2) is 13.0. The van der Waals surface area contributed by atoms with E-state index < -0.39 is 0 Å². The summed E-state index contributed by atoms with van der Waals surface area (Å²) in [7, 11) is 3.90. The van der Waals surface area contributed by atoms with Gasteiger partial charge in [-0.05, 0) is 25.0 Å². The van der Waals surface area contributed by atoms with Gasteiger partial charge in [-0.25, -0.2) is 0 Å². The van der Waals surface area contributed by atoms with Crippen LogP contribution in [0.5, 0.6) is 0 Å². The van der Waals surface area contributed by atoms with Crippen LogP contribution in [0.3, 0.4) is 0 Å². The molecule has 0 aliphatic rings. The van der Waals surface area contributed by atoms with Crippen molar-refractivity contribution in [1.82, 2.24) is 10.2 Å². The summed E-state index contributed by atoms with van der Waals surface area (Å²) in [5.41, 5.74) is 0. The first-order valence-electron chi connectivity index (χ1n) is 6.98. The minimum atomic E-state index is 0. The van der Waals surface area contributed by atoms with E-state index in [9.17, 15) is 0 Å². The van der Waals surface area contributed by atoms with E-state index in [1.54, 1.807) is 0 Å². The monoisotopic (exact) mass is 419 g/mol. The molecule has 0 heterocycles. The third kappa shape index (κ3) is 9.03. The predicted molar refractivity (Wildman–Crippen MR) is 106 cm³/mol. The number of halogens is 1. The van der Waals surface area contributed by atoms with Gasteiger partial charge in [0.05, 0.1) is 0 Å². The molecule has 1 aromatic carbocycles. The maximum Gasteiger partial charge on any atom is 0.193 e. The standard InChI is InChI=1S/C16H25N3S.HI/c1-4-5-9-13-19(3)16(17-2)18-12-14-20-15-10-7-6-8-11-15;/h4,6-8,10-11H,1,5,9,12-14H2,2-3H3,(H,17,18);1H. The number of hydrogen-bond donors (Lipinski definition) is 1. The number of allylic oxidation sites excluding steroid dienone is 1. The summed E-state index contributed by atoms with van der Waals surface area (Å²) in [4.78, 5) is 7.78. The van der Waals surface area contributed by atoms with Crippen molar-refractivity contribution in [3.63, 3.8) is 0 Å². The highest BCUT2D eigenvalue weighted by molar-refractivity contribution is 14.0. The van der Waals surface area contributed by atoms with E-state index >= 15 is 0 Å². The molecule has 0 aliphatic heterocycles. The van der Waals surface area contributed by atoms with Crippen molar-refractivity contribution in [2.75, 3.05) is 32.9 Å². The molecule has 0 atom stereocenters. The molecule has 0 radical (unpaired) electrons. The van der Waals surface area contributed by atoms with E-state index in [4.69, 9.17) is 0 Å². The lowest BCUT2D eigenvalue weighted by molar-refractivity contribution is 0.472. The molecular formula is C16H26IN3S. The Bertz CT molecular complexity index is 409. The number of nitrogens with zero attached hydrogens (tertiary/aromatic N) is 2. The second-order valence-corrected chi connectivity index (χ2v) is 5.66. The van der Waals surface area contributed by atoms with Crippen LogP contribution in [0.25, 0.3) is 0 Å². The zero-order valence-electron chi connectivity index (χ0n) is 12.9. The lowest BCUT2D eigenvalue weighted by Gasteiger charge is -2.21. The summed E-state index contributed by atoms with van der Waals surface area (Å²) in [5.74, 6) is 1.99. The maximum atomic E-state index is 4.31. The Morgan fingerprint density at radius 3 is 2.71 bits per heavy atom. The second-order valence-electron chi connectivity index (χ2n) is 4.49. The van der Waals surface area contributed by atoms with E-state index in [1.165, 1.54) is 4.90 Å².